The zero-order valence-electron chi connectivity index (χ0n) is 11.9. The molecule has 0 radical (unpaired) electrons. The molecule has 2 unspecified atom stereocenters. The van der Waals surface area contributed by atoms with E-state index >= 15 is 0 Å². The van der Waals surface area contributed by atoms with E-state index < -0.39 is 6.10 Å². The van der Waals surface area contributed by atoms with Crippen LogP contribution in [-0.2, 0) is 20.8 Å². The first kappa shape index (κ1) is 16.4. The van der Waals surface area contributed by atoms with Crippen LogP contribution in [0, 0.1) is 5.82 Å². The highest BCUT2D eigenvalue weighted by atomic mass is 79.9. The van der Waals surface area contributed by atoms with Crippen LogP contribution in [0.3, 0.4) is 0 Å². The third kappa shape index (κ3) is 5.05. The summed E-state index contributed by atoms with van der Waals surface area (Å²) in [6.07, 6.45) is 1.56. The van der Waals surface area contributed by atoms with E-state index in [1.807, 2.05) is 0 Å². The zero-order chi connectivity index (χ0) is 15.2. The van der Waals surface area contributed by atoms with Crippen molar-refractivity contribution in [1.29, 1.82) is 0 Å². The van der Waals surface area contributed by atoms with E-state index in [9.17, 15) is 9.18 Å². The lowest BCUT2D eigenvalue weighted by atomic mass is 10.2. The number of carbonyl (C=O) groups excluding carboxylic acids is 1. The van der Waals surface area contributed by atoms with Gasteiger partial charge in [-0.15, -0.1) is 0 Å². The number of hydrogen-bond acceptors (Lipinski definition) is 3. The molecule has 6 heteroatoms. The van der Waals surface area contributed by atoms with Gasteiger partial charge >= 0.3 is 0 Å². The number of amides is 1. The highest BCUT2D eigenvalue weighted by Gasteiger charge is 2.19. The predicted octanol–water partition coefficient (Wildman–Crippen LogP) is 2.79. The predicted molar refractivity (Wildman–Crippen MR) is 80.3 cm³/mol. The van der Waals surface area contributed by atoms with E-state index in [4.69, 9.17) is 9.47 Å². The number of carbonyl (C=O) groups is 1. The van der Waals surface area contributed by atoms with E-state index in [2.05, 4.69) is 21.2 Å². The Bertz CT molecular complexity index is 492. The average molecular weight is 360 g/mol. The van der Waals surface area contributed by atoms with Gasteiger partial charge in [-0.2, -0.15) is 0 Å². The molecule has 1 aromatic rings. The molecule has 0 bridgehead atoms. The van der Waals surface area contributed by atoms with Gasteiger partial charge in [0.2, 0.25) is 5.91 Å². The molecule has 1 saturated heterocycles. The van der Waals surface area contributed by atoms with Crippen molar-refractivity contribution >= 4 is 21.8 Å². The van der Waals surface area contributed by atoms with Crippen molar-refractivity contribution in [2.75, 3.05) is 13.2 Å². The van der Waals surface area contributed by atoms with Gasteiger partial charge in [-0.05, 0) is 43.5 Å². The van der Waals surface area contributed by atoms with Gasteiger partial charge < -0.3 is 14.8 Å². The fourth-order valence-corrected chi connectivity index (χ4v) is 2.49. The van der Waals surface area contributed by atoms with E-state index in [0.717, 1.165) is 23.9 Å². The lowest BCUT2D eigenvalue weighted by Gasteiger charge is -2.16. The third-order valence-corrected chi connectivity index (χ3v) is 4.16. The second-order valence-corrected chi connectivity index (χ2v) is 5.92. The molecule has 1 aliphatic heterocycles. The van der Waals surface area contributed by atoms with Gasteiger partial charge in [0.15, 0.2) is 0 Å². The second-order valence-electron chi connectivity index (χ2n) is 5.06. The number of halogens is 2. The zero-order valence-corrected chi connectivity index (χ0v) is 13.5. The van der Waals surface area contributed by atoms with Crippen molar-refractivity contribution in [2.45, 2.75) is 38.5 Å². The highest BCUT2D eigenvalue weighted by Crippen LogP contribution is 2.17. The second kappa shape index (κ2) is 7.87. The number of ether oxygens (including phenoxy) is 2. The Morgan fingerprint density at radius 2 is 2.43 bits per heavy atom. The van der Waals surface area contributed by atoms with Gasteiger partial charge in [0.25, 0.3) is 0 Å². The molecule has 0 aliphatic carbocycles. The average Bonchev–Trinajstić information content (AvgIpc) is 2.98. The lowest BCUT2D eigenvalue weighted by Crippen LogP contribution is -2.35. The Labute approximate surface area is 132 Å². The summed E-state index contributed by atoms with van der Waals surface area (Å²) in [5.41, 5.74) is 0.690. The van der Waals surface area contributed by atoms with Crippen LogP contribution in [0.2, 0.25) is 0 Å². The Hall–Kier alpha value is -0.980. The Morgan fingerprint density at radius 1 is 1.62 bits per heavy atom. The molecule has 1 amide bonds. The standard InChI is InChI=1S/C15H19BrFNO3/c1-10(21-9-13-3-2-6-20-13)15(19)18-8-11-7-12(17)4-5-14(11)16/h4-5,7,10,13H,2-3,6,8-9H2,1H3,(H,18,19). The van der Waals surface area contributed by atoms with Gasteiger partial charge in [-0.3, -0.25) is 4.79 Å². The van der Waals surface area contributed by atoms with Crippen molar-refractivity contribution in [3.63, 3.8) is 0 Å². The fourth-order valence-electron chi connectivity index (χ4n) is 2.11. The molecule has 1 aliphatic rings. The molecular weight excluding hydrogens is 341 g/mol. The molecule has 1 N–H and O–H groups in total. The van der Waals surface area contributed by atoms with Crippen LogP contribution < -0.4 is 5.32 Å². The summed E-state index contributed by atoms with van der Waals surface area (Å²) in [4.78, 5) is 11.9. The number of rotatable bonds is 6. The van der Waals surface area contributed by atoms with Gasteiger partial charge in [0, 0.05) is 17.6 Å². The highest BCUT2D eigenvalue weighted by molar-refractivity contribution is 9.10. The van der Waals surface area contributed by atoms with Crippen LogP contribution in [0.5, 0.6) is 0 Å². The van der Waals surface area contributed by atoms with Gasteiger partial charge in [0.1, 0.15) is 11.9 Å². The van der Waals surface area contributed by atoms with Crippen LogP contribution in [0.15, 0.2) is 22.7 Å². The molecule has 2 rings (SSSR count). The first-order chi connectivity index (χ1) is 10.1. The molecule has 1 fully saturated rings. The molecule has 2 atom stereocenters. The summed E-state index contributed by atoms with van der Waals surface area (Å²) < 4.78 is 24.9. The first-order valence-electron chi connectivity index (χ1n) is 7.01. The smallest absolute Gasteiger partial charge is 0.249 e. The third-order valence-electron chi connectivity index (χ3n) is 3.39. The fraction of sp³-hybridized carbons (Fsp3) is 0.533. The summed E-state index contributed by atoms with van der Waals surface area (Å²) in [6, 6.07) is 4.37. The van der Waals surface area contributed by atoms with Crippen molar-refractivity contribution in [2.24, 2.45) is 0 Å². The Kier molecular flexibility index (Phi) is 6.14. The molecule has 1 aromatic carbocycles. The number of nitrogens with one attached hydrogen (secondary N) is 1. The van der Waals surface area contributed by atoms with Gasteiger partial charge in [0.05, 0.1) is 12.7 Å². The largest absolute Gasteiger partial charge is 0.376 e. The summed E-state index contributed by atoms with van der Waals surface area (Å²) in [5.74, 6) is -0.547. The van der Waals surface area contributed by atoms with Gasteiger partial charge in [-0.1, -0.05) is 15.9 Å². The molecule has 0 aromatic heterocycles. The number of hydrogen-bond donors (Lipinski definition) is 1. The summed E-state index contributed by atoms with van der Waals surface area (Å²) in [7, 11) is 0. The van der Waals surface area contributed by atoms with E-state index in [0.29, 0.717) is 12.2 Å². The maximum atomic E-state index is 13.2. The maximum absolute atomic E-state index is 13.2. The summed E-state index contributed by atoms with van der Waals surface area (Å²) in [6.45, 7) is 3.15. The van der Waals surface area contributed by atoms with Crippen LogP contribution in [0.4, 0.5) is 4.39 Å². The first-order valence-corrected chi connectivity index (χ1v) is 7.80. The lowest BCUT2D eigenvalue weighted by molar-refractivity contribution is -0.133. The van der Waals surface area contributed by atoms with Crippen LogP contribution in [0.1, 0.15) is 25.3 Å². The van der Waals surface area contributed by atoms with Crippen LogP contribution >= 0.6 is 15.9 Å². The van der Waals surface area contributed by atoms with Crippen LogP contribution in [-0.4, -0.2) is 31.3 Å². The topological polar surface area (TPSA) is 47.6 Å². The molecular formula is C15H19BrFNO3. The monoisotopic (exact) mass is 359 g/mol. The van der Waals surface area contributed by atoms with Crippen molar-refractivity contribution in [1.82, 2.24) is 5.32 Å². The minimum Gasteiger partial charge on any atom is -0.376 e. The minimum atomic E-state index is -0.554. The number of benzene rings is 1. The summed E-state index contributed by atoms with van der Waals surface area (Å²) in [5, 5.41) is 2.74. The van der Waals surface area contributed by atoms with Crippen LogP contribution in [0.25, 0.3) is 0 Å². The van der Waals surface area contributed by atoms with E-state index in [-0.39, 0.29) is 24.4 Å². The van der Waals surface area contributed by atoms with Crippen molar-refractivity contribution in [3.8, 4) is 0 Å². The molecule has 0 spiro atoms. The maximum Gasteiger partial charge on any atom is 0.249 e. The van der Waals surface area contributed by atoms with Crippen molar-refractivity contribution in [3.05, 3.63) is 34.1 Å². The van der Waals surface area contributed by atoms with E-state index in [1.165, 1.54) is 12.1 Å². The Balaban J connectivity index is 1.76. The minimum absolute atomic E-state index is 0.0950. The molecule has 1 heterocycles. The normalized spacial score (nSPS) is 19.5. The molecule has 21 heavy (non-hydrogen) atoms. The molecule has 116 valence electrons. The molecule has 4 nitrogen and oxygen atoms in total. The van der Waals surface area contributed by atoms with Crippen molar-refractivity contribution < 1.29 is 18.7 Å². The van der Waals surface area contributed by atoms with E-state index in [1.54, 1.807) is 13.0 Å². The molecule has 0 saturated carbocycles. The van der Waals surface area contributed by atoms with Gasteiger partial charge in [-0.25, -0.2) is 4.39 Å². The SMILES string of the molecule is CC(OCC1CCCO1)C(=O)NCc1cc(F)ccc1Br. The quantitative estimate of drug-likeness (QED) is 0.849. The Morgan fingerprint density at radius 3 is 3.14 bits per heavy atom. The summed E-state index contributed by atoms with van der Waals surface area (Å²) >= 11 is 3.33.